The lowest BCUT2D eigenvalue weighted by molar-refractivity contribution is 0.672. The highest BCUT2D eigenvalue weighted by Crippen LogP contribution is 2.47. The first-order chi connectivity index (χ1) is 59.5. The van der Waals surface area contributed by atoms with Gasteiger partial charge in [-0.25, -0.2) is 19.9 Å². The highest BCUT2D eigenvalue weighted by molar-refractivity contribution is 6.26. The molecule has 0 bridgehead atoms. The minimum Gasteiger partial charge on any atom is -0.455 e. The summed E-state index contributed by atoms with van der Waals surface area (Å²) in [6.07, 6.45) is 0. The summed E-state index contributed by atoms with van der Waals surface area (Å²) >= 11 is 0. The van der Waals surface area contributed by atoms with E-state index in [1.807, 2.05) is 126 Å². The van der Waals surface area contributed by atoms with Gasteiger partial charge in [0, 0.05) is 87.1 Å². The van der Waals surface area contributed by atoms with Crippen molar-refractivity contribution in [3.63, 3.8) is 0 Å². The Morgan fingerprint density at radius 1 is 0.250 bits per heavy atom. The number of para-hydroxylation sites is 7. The fourth-order valence-corrected chi connectivity index (χ4v) is 17.3. The predicted octanol–water partition coefficient (Wildman–Crippen LogP) is 26.7. The van der Waals surface area contributed by atoms with E-state index in [2.05, 4.69) is 181 Å². The van der Waals surface area contributed by atoms with Crippen LogP contribution in [0.25, 0.3) is 221 Å². The molecule has 0 radical (unpaired) electrons. The minimum atomic E-state index is -0.491. The van der Waals surface area contributed by atoms with Gasteiger partial charge in [-0.05, 0) is 181 Å². The van der Waals surface area contributed by atoms with E-state index in [4.69, 9.17) is 42.5 Å². The molecule has 0 N–H and O–H groups in total. The average Bonchev–Trinajstić information content (AvgIpc) is 1.57. The summed E-state index contributed by atoms with van der Waals surface area (Å²) in [5.74, 6) is 0.854. The maximum atomic E-state index is 8.90. The Morgan fingerprint density at radius 3 is 1.12 bits per heavy atom. The Labute approximate surface area is 654 Å². The number of benzene rings is 16. The summed E-state index contributed by atoms with van der Waals surface area (Å²) in [5, 5.41) is 13.5. The van der Waals surface area contributed by atoms with Crippen LogP contribution in [0.3, 0.4) is 0 Å². The van der Waals surface area contributed by atoms with Crippen molar-refractivity contribution in [2.75, 3.05) is 0 Å². The van der Waals surface area contributed by atoms with Gasteiger partial charge in [-0.1, -0.05) is 218 Å². The molecule has 24 aromatic rings. The molecular formula is C102H64N8O2. The molecule has 112 heavy (non-hydrogen) atoms. The van der Waals surface area contributed by atoms with Gasteiger partial charge < -0.3 is 18.0 Å². The molecule has 524 valence electrons. The normalized spacial score (nSPS) is 13.3. The second kappa shape index (κ2) is 24.8. The molecule has 10 heteroatoms. The molecule has 0 spiro atoms. The topological polar surface area (TPSA) is 97.6 Å². The summed E-state index contributed by atoms with van der Waals surface area (Å²) < 4.78 is 107. The molecule has 10 nitrogen and oxygen atoms in total. The Hall–Kier alpha value is -15.0. The molecule has 16 aromatic carbocycles. The van der Waals surface area contributed by atoms with Crippen LogP contribution in [-0.2, 0) is 0 Å². The third-order valence-electron chi connectivity index (χ3n) is 22.1. The van der Waals surface area contributed by atoms with Crippen LogP contribution < -0.4 is 0 Å². The summed E-state index contributed by atoms with van der Waals surface area (Å²) in [5.41, 5.74) is 21.7. The highest BCUT2D eigenvalue weighted by Gasteiger charge is 2.26. The third kappa shape index (κ3) is 9.78. The van der Waals surface area contributed by atoms with Gasteiger partial charge in [-0.15, -0.1) is 0 Å². The van der Waals surface area contributed by atoms with Crippen molar-refractivity contribution in [2.45, 2.75) is 13.8 Å². The molecule has 0 saturated carbocycles. The van der Waals surface area contributed by atoms with Gasteiger partial charge >= 0.3 is 0 Å². The van der Waals surface area contributed by atoms with Crippen molar-refractivity contribution in [1.29, 1.82) is 0 Å². The number of hydrogen-bond acceptors (Lipinski definition) is 6. The standard InChI is InChI=1S/C52H34N4O.C50H30N4O/c1-31-26-32(2)28-36(27-31)55-44-18-10-7-14-37(44)41-29-34(20-23-45(41)55)35-21-24-46-42(30-35)49-47(25-22-39-38-15-8-11-19-48(38)57-51(39)49)56(46)52-53-43-17-9-6-16-40(43)50(54-52)33-12-4-3-5-13-33;1-3-13-31(14-4-1)48-38-19-7-10-20-41(38)51-50(52-48)54-44-27-24-33(30-40(44)47-45(54)28-25-37-36-18-9-12-22-46(36)55-49(37)47)32-23-26-43-39(29-32)35-17-8-11-21-42(35)53(43)34-15-5-2-6-16-34/h3-30H,1-2H3;1-30H/i;1D,2D,3D,4D,5D,6D,13D,14D,15D,16D. The highest BCUT2D eigenvalue weighted by atomic mass is 16.3. The first kappa shape index (κ1) is 53.7. The first-order valence-corrected chi connectivity index (χ1v) is 37.2. The molecule has 0 aliphatic carbocycles. The monoisotopic (exact) mass is 1440 g/mol. The zero-order valence-corrected chi connectivity index (χ0v) is 60.1. The average molecular weight is 1440 g/mol. The summed E-state index contributed by atoms with van der Waals surface area (Å²) in [6, 6.07) is 95.3. The van der Waals surface area contributed by atoms with E-state index >= 15 is 0 Å². The van der Waals surface area contributed by atoms with Gasteiger partial charge in [0.15, 0.2) is 0 Å². The minimum absolute atomic E-state index is 0.0260. The second-order valence-corrected chi connectivity index (χ2v) is 28.6. The lowest BCUT2D eigenvalue weighted by Gasteiger charge is -2.12. The smallest absolute Gasteiger partial charge is 0.235 e. The molecule has 0 fully saturated rings. The van der Waals surface area contributed by atoms with E-state index in [-0.39, 0.29) is 47.1 Å². The van der Waals surface area contributed by atoms with Gasteiger partial charge in [-0.3, -0.25) is 9.13 Å². The lowest BCUT2D eigenvalue weighted by Crippen LogP contribution is -2.03. The van der Waals surface area contributed by atoms with Gasteiger partial charge in [0.1, 0.15) is 22.3 Å². The van der Waals surface area contributed by atoms with Crippen LogP contribution in [0.5, 0.6) is 0 Å². The number of nitrogens with zero attached hydrogens (tertiary/aromatic N) is 8. The van der Waals surface area contributed by atoms with Crippen molar-refractivity contribution in [3.05, 3.63) is 363 Å². The van der Waals surface area contributed by atoms with Crippen molar-refractivity contribution < 1.29 is 22.5 Å². The van der Waals surface area contributed by atoms with Crippen molar-refractivity contribution in [3.8, 4) is 68.0 Å². The zero-order chi connectivity index (χ0) is 82.5. The predicted molar refractivity (Wildman–Crippen MR) is 462 cm³/mol. The second-order valence-electron chi connectivity index (χ2n) is 28.6. The number of aryl methyl sites for hydroxylation is 2. The van der Waals surface area contributed by atoms with Crippen molar-refractivity contribution in [1.82, 2.24) is 38.2 Å². The van der Waals surface area contributed by atoms with Gasteiger partial charge in [0.05, 0.1) is 91.0 Å². The SMILES string of the molecule is Cc1cc(C)cc(-n2c3ccccc3c3cc(-c4ccc5c(c4)c4c6oc7ccccc7c6ccc4n5-c4nc(-c5ccccc5)c5ccccc5n4)ccc32)c1.[2H]c1c([2H])c([2H])c(-c2nc(-n3c4ccc(-c5ccc6c(c5)c5ccccc5n6-c5c([2H])c([2H])c([2H])c([2H])c5[2H])cc4c4c5oc6ccccc6c5ccc43)nc3ccccc23)c([2H])c1[2H]. The lowest BCUT2D eigenvalue weighted by atomic mass is 10.00. The van der Waals surface area contributed by atoms with Crippen LogP contribution >= 0.6 is 0 Å². The fraction of sp³-hybridized carbons (Fsp3) is 0.0196. The summed E-state index contributed by atoms with van der Waals surface area (Å²) in [7, 11) is 0. The van der Waals surface area contributed by atoms with Gasteiger partial charge in [-0.2, -0.15) is 0 Å². The van der Waals surface area contributed by atoms with Crippen LogP contribution in [0, 0.1) is 13.8 Å². The number of aromatic nitrogens is 8. The van der Waals surface area contributed by atoms with E-state index < -0.39 is 36.3 Å². The van der Waals surface area contributed by atoms with E-state index in [0.29, 0.717) is 33.5 Å². The molecule has 0 aliphatic heterocycles. The number of furan rings is 2. The number of fused-ring (bicyclic) bond motifs is 22. The van der Waals surface area contributed by atoms with Crippen LogP contribution in [0.4, 0.5) is 0 Å². The van der Waals surface area contributed by atoms with E-state index in [1.54, 1.807) is 16.7 Å². The third-order valence-corrected chi connectivity index (χ3v) is 22.1. The largest absolute Gasteiger partial charge is 0.455 e. The van der Waals surface area contributed by atoms with Crippen LogP contribution in [-0.4, -0.2) is 38.2 Å². The zero-order valence-electron chi connectivity index (χ0n) is 70.1. The van der Waals surface area contributed by atoms with Crippen molar-refractivity contribution >= 4 is 153 Å². The molecule has 8 heterocycles. The molecule has 0 unspecified atom stereocenters. The Bertz CT molecular complexity index is 8640. The maximum absolute atomic E-state index is 8.90. The van der Waals surface area contributed by atoms with Crippen molar-refractivity contribution in [2.24, 2.45) is 0 Å². The molecule has 0 saturated heterocycles. The molecular weight excluding hydrogens is 1370 g/mol. The fourth-order valence-electron chi connectivity index (χ4n) is 17.3. The first-order valence-electron chi connectivity index (χ1n) is 42.2. The molecule has 24 rings (SSSR count). The van der Waals surface area contributed by atoms with Crippen LogP contribution in [0.1, 0.15) is 24.8 Å². The Kier molecular flexibility index (Phi) is 11.9. The molecule has 0 amide bonds. The van der Waals surface area contributed by atoms with E-state index in [0.717, 1.165) is 137 Å². The molecule has 0 atom stereocenters. The molecule has 8 aromatic heterocycles. The summed E-state index contributed by atoms with van der Waals surface area (Å²) in [6.45, 7) is 4.34. The summed E-state index contributed by atoms with van der Waals surface area (Å²) in [4.78, 5) is 20.7. The van der Waals surface area contributed by atoms with Gasteiger partial charge in [0.25, 0.3) is 0 Å². The number of hydrogen-bond donors (Lipinski definition) is 0. The van der Waals surface area contributed by atoms with Gasteiger partial charge in [0.2, 0.25) is 11.9 Å². The van der Waals surface area contributed by atoms with Crippen LogP contribution in [0.2, 0.25) is 0 Å². The Balaban J connectivity index is 0.000000143. The maximum Gasteiger partial charge on any atom is 0.235 e. The quantitative estimate of drug-likeness (QED) is 0.150. The number of rotatable bonds is 8. The van der Waals surface area contributed by atoms with E-state index in [1.165, 1.54) is 38.6 Å². The Morgan fingerprint density at radius 2 is 0.625 bits per heavy atom. The van der Waals surface area contributed by atoms with Crippen LogP contribution in [0.15, 0.2) is 360 Å². The molecule has 0 aliphatic rings. The van der Waals surface area contributed by atoms with E-state index in [9.17, 15) is 0 Å².